The molecule has 0 aliphatic heterocycles. The Bertz CT molecular complexity index is 696. The Balaban J connectivity index is 3.42. The summed E-state index contributed by atoms with van der Waals surface area (Å²) in [6.45, 7) is 2.09. The molecule has 21 heavy (non-hydrogen) atoms. The molecule has 0 amide bonds. The second-order valence-corrected chi connectivity index (χ2v) is 8.48. The van der Waals surface area contributed by atoms with Crippen molar-refractivity contribution >= 4 is 19.9 Å². The van der Waals surface area contributed by atoms with Crippen molar-refractivity contribution < 1.29 is 21.2 Å². The predicted octanol–water partition coefficient (Wildman–Crippen LogP) is 0.589. The van der Waals surface area contributed by atoms with E-state index in [1.165, 1.54) is 0 Å². The fourth-order valence-corrected chi connectivity index (χ4v) is 4.16. The van der Waals surface area contributed by atoms with Crippen LogP contribution in [0, 0.1) is 5.82 Å². The van der Waals surface area contributed by atoms with Gasteiger partial charge in [-0.3, -0.25) is 0 Å². The average Bonchev–Trinajstić information content (AvgIpc) is 2.37. The van der Waals surface area contributed by atoms with Crippen molar-refractivity contribution in [3.8, 4) is 0 Å². The number of sulfone groups is 1. The minimum Gasteiger partial charge on any atom is -0.329 e. The Kier molecular flexibility index (Phi) is 5.85. The molecule has 0 aliphatic carbocycles. The fourth-order valence-electron chi connectivity index (χ4n) is 1.80. The van der Waals surface area contributed by atoms with Crippen molar-refractivity contribution in [1.82, 2.24) is 4.31 Å². The Morgan fingerprint density at radius 3 is 2.29 bits per heavy atom. The minimum atomic E-state index is -4.12. The Hall–Kier alpha value is -1.03. The molecule has 0 bridgehead atoms. The van der Waals surface area contributed by atoms with Gasteiger partial charge in [0.25, 0.3) is 0 Å². The third-order valence-corrected chi connectivity index (χ3v) is 5.82. The lowest BCUT2D eigenvalue weighted by atomic mass is 10.3. The van der Waals surface area contributed by atoms with Gasteiger partial charge in [0.15, 0.2) is 9.84 Å². The highest BCUT2D eigenvalue weighted by Crippen LogP contribution is 2.23. The number of benzene rings is 1. The number of nitrogens with two attached hydrogens (primary N) is 1. The molecule has 0 fully saturated rings. The van der Waals surface area contributed by atoms with Crippen LogP contribution >= 0.6 is 0 Å². The van der Waals surface area contributed by atoms with Gasteiger partial charge in [0.05, 0.1) is 4.90 Å². The smallest absolute Gasteiger partial charge is 0.246 e. The van der Waals surface area contributed by atoms with Crippen LogP contribution in [0.25, 0.3) is 0 Å². The third-order valence-electron chi connectivity index (χ3n) is 2.80. The molecule has 0 aliphatic rings. The van der Waals surface area contributed by atoms with Gasteiger partial charge in [-0.25, -0.2) is 21.2 Å². The summed E-state index contributed by atoms with van der Waals surface area (Å²) in [6, 6.07) is 2.73. The van der Waals surface area contributed by atoms with E-state index < -0.39 is 30.6 Å². The van der Waals surface area contributed by atoms with Crippen molar-refractivity contribution in [2.75, 3.05) is 25.9 Å². The summed E-state index contributed by atoms with van der Waals surface area (Å²) in [5.41, 5.74) is 5.38. The molecule has 6 nitrogen and oxygen atoms in total. The Morgan fingerprint density at radius 1 is 1.19 bits per heavy atom. The van der Waals surface area contributed by atoms with Gasteiger partial charge in [0.2, 0.25) is 10.0 Å². The van der Waals surface area contributed by atoms with E-state index in [0.717, 1.165) is 28.8 Å². The molecule has 0 radical (unpaired) electrons. The SMILES string of the molecule is CCCN(CCN)S(=O)(=O)c1cc(S(C)(=O)=O)ccc1F. The molecule has 0 atom stereocenters. The van der Waals surface area contributed by atoms with Gasteiger partial charge < -0.3 is 5.73 Å². The summed E-state index contributed by atoms with van der Waals surface area (Å²) in [6.07, 6.45) is 1.47. The number of halogens is 1. The minimum absolute atomic E-state index is 0.0404. The van der Waals surface area contributed by atoms with E-state index in [9.17, 15) is 21.2 Å². The highest BCUT2D eigenvalue weighted by molar-refractivity contribution is 7.91. The molecular weight excluding hydrogens is 319 g/mol. The topological polar surface area (TPSA) is 97.5 Å². The van der Waals surface area contributed by atoms with E-state index in [4.69, 9.17) is 5.73 Å². The third kappa shape index (κ3) is 4.22. The summed E-state index contributed by atoms with van der Waals surface area (Å²) in [5, 5.41) is 0. The lowest BCUT2D eigenvalue weighted by Crippen LogP contribution is -2.36. The van der Waals surface area contributed by atoms with Gasteiger partial charge in [0, 0.05) is 25.9 Å². The van der Waals surface area contributed by atoms with Crippen molar-refractivity contribution in [2.24, 2.45) is 5.73 Å². The Labute approximate surface area is 124 Å². The molecule has 0 heterocycles. The summed E-state index contributed by atoms with van der Waals surface area (Å²) in [5.74, 6) is -0.986. The van der Waals surface area contributed by atoms with E-state index in [1.54, 1.807) is 6.92 Å². The molecule has 1 aromatic carbocycles. The van der Waals surface area contributed by atoms with Crippen LogP contribution in [0.4, 0.5) is 4.39 Å². The van der Waals surface area contributed by atoms with Crippen LogP contribution in [-0.2, 0) is 19.9 Å². The van der Waals surface area contributed by atoms with Crippen LogP contribution < -0.4 is 5.73 Å². The maximum atomic E-state index is 13.9. The van der Waals surface area contributed by atoms with E-state index in [1.807, 2.05) is 0 Å². The lowest BCUT2D eigenvalue weighted by molar-refractivity contribution is 0.414. The van der Waals surface area contributed by atoms with Gasteiger partial charge in [-0.1, -0.05) is 6.92 Å². The molecule has 0 saturated carbocycles. The molecule has 0 aromatic heterocycles. The molecule has 9 heteroatoms. The van der Waals surface area contributed by atoms with Crippen molar-refractivity contribution in [3.63, 3.8) is 0 Å². The number of rotatable bonds is 7. The molecule has 1 aromatic rings. The number of sulfonamides is 1. The van der Waals surface area contributed by atoms with E-state index >= 15 is 0 Å². The monoisotopic (exact) mass is 338 g/mol. The maximum absolute atomic E-state index is 13.9. The van der Waals surface area contributed by atoms with E-state index in [2.05, 4.69) is 0 Å². The number of nitrogens with zero attached hydrogens (tertiary/aromatic N) is 1. The standard InChI is InChI=1S/C12H19FN2O4S2/c1-3-7-15(8-6-14)21(18,19)12-9-10(20(2,16)17)4-5-11(12)13/h4-5,9H,3,6-8,14H2,1-2H3. The first-order valence-corrected chi connectivity index (χ1v) is 9.67. The van der Waals surface area contributed by atoms with Crippen LogP contribution in [0.5, 0.6) is 0 Å². The zero-order chi connectivity index (χ0) is 16.3. The molecule has 120 valence electrons. The first-order valence-electron chi connectivity index (χ1n) is 6.34. The van der Waals surface area contributed by atoms with Crippen LogP contribution in [0.2, 0.25) is 0 Å². The largest absolute Gasteiger partial charge is 0.329 e. The van der Waals surface area contributed by atoms with Crippen molar-refractivity contribution in [3.05, 3.63) is 24.0 Å². The first-order chi connectivity index (χ1) is 9.64. The fraction of sp³-hybridized carbons (Fsp3) is 0.500. The summed E-state index contributed by atoms with van der Waals surface area (Å²) in [7, 11) is -7.75. The molecule has 0 saturated heterocycles. The highest BCUT2D eigenvalue weighted by Gasteiger charge is 2.27. The van der Waals surface area contributed by atoms with Gasteiger partial charge in [0.1, 0.15) is 10.7 Å². The summed E-state index contributed by atoms with van der Waals surface area (Å²) >= 11 is 0. The van der Waals surface area contributed by atoms with Gasteiger partial charge in [-0.05, 0) is 24.6 Å². The van der Waals surface area contributed by atoms with Crippen LogP contribution in [-0.4, -0.2) is 47.0 Å². The molecule has 0 unspecified atom stereocenters. The maximum Gasteiger partial charge on any atom is 0.246 e. The van der Waals surface area contributed by atoms with Crippen LogP contribution in [0.1, 0.15) is 13.3 Å². The van der Waals surface area contributed by atoms with Crippen molar-refractivity contribution in [2.45, 2.75) is 23.1 Å². The van der Waals surface area contributed by atoms with Gasteiger partial charge in [-0.15, -0.1) is 0 Å². The molecule has 1 rings (SSSR count). The zero-order valence-corrected chi connectivity index (χ0v) is 13.5. The average molecular weight is 338 g/mol. The molecule has 2 N–H and O–H groups in total. The zero-order valence-electron chi connectivity index (χ0n) is 11.9. The van der Waals surface area contributed by atoms with Gasteiger partial charge >= 0.3 is 0 Å². The second-order valence-electron chi connectivity index (χ2n) is 4.56. The van der Waals surface area contributed by atoms with Gasteiger partial charge in [-0.2, -0.15) is 4.31 Å². The van der Waals surface area contributed by atoms with E-state index in [0.29, 0.717) is 6.42 Å². The quantitative estimate of drug-likeness (QED) is 0.734. The second kappa shape index (κ2) is 6.82. The normalized spacial score (nSPS) is 12.8. The summed E-state index contributed by atoms with van der Waals surface area (Å²) in [4.78, 5) is -0.890. The summed E-state index contributed by atoms with van der Waals surface area (Å²) < 4.78 is 62.8. The Morgan fingerprint density at radius 2 is 1.81 bits per heavy atom. The molecular formula is C12H19FN2O4S2. The number of hydrogen-bond acceptors (Lipinski definition) is 5. The van der Waals surface area contributed by atoms with Crippen molar-refractivity contribution in [1.29, 1.82) is 0 Å². The predicted molar refractivity (Wildman–Crippen MR) is 77.6 cm³/mol. The lowest BCUT2D eigenvalue weighted by Gasteiger charge is -2.21. The first kappa shape index (κ1) is 18.0. The number of hydrogen-bond donors (Lipinski definition) is 1. The van der Waals surface area contributed by atoms with Crippen LogP contribution in [0.15, 0.2) is 28.0 Å². The molecule has 0 spiro atoms. The van der Waals surface area contributed by atoms with E-state index in [-0.39, 0.29) is 24.5 Å². The van der Waals surface area contributed by atoms with Crippen LogP contribution in [0.3, 0.4) is 0 Å². The highest BCUT2D eigenvalue weighted by atomic mass is 32.2.